The van der Waals surface area contributed by atoms with Crippen LogP contribution in [0.4, 0.5) is 0 Å². The maximum atomic E-state index is 13.5. The molecule has 0 spiro atoms. The minimum absolute atomic E-state index is 0.0685. The van der Waals surface area contributed by atoms with Crippen LogP contribution in [0.25, 0.3) is 17.0 Å². The van der Waals surface area contributed by atoms with Crippen LogP contribution < -0.4 is 10.1 Å². The van der Waals surface area contributed by atoms with Crippen LogP contribution in [-0.2, 0) is 16.6 Å². The summed E-state index contributed by atoms with van der Waals surface area (Å²) in [5, 5.41) is 15.0. The second kappa shape index (κ2) is 9.59. The maximum absolute atomic E-state index is 13.5. The van der Waals surface area contributed by atoms with Gasteiger partial charge in [-0.3, -0.25) is 9.69 Å². The predicted molar refractivity (Wildman–Crippen MR) is 145 cm³/mol. The second-order valence-electron chi connectivity index (χ2n) is 9.26. The monoisotopic (exact) mass is 549 g/mol. The van der Waals surface area contributed by atoms with Crippen LogP contribution in [0.2, 0.25) is 5.02 Å². The van der Waals surface area contributed by atoms with Gasteiger partial charge in [-0.1, -0.05) is 29.8 Å². The second-order valence-corrected chi connectivity index (χ2v) is 11.5. The number of carbonyl (C=O) groups excluding carboxylic acids is 1. The van der Waals surface area contributed by atoms with E-state index in [1.54, 1.807) is 36.4 Å². The highest BCUT2D eigenvalue weighted by atomic mass is 35.5. The number of para-hydroxylation sites is 1. The highest BCUT2D eigenvalue weighted by molar-refractivity contribution is 7.90. The number of carbonyl (C=O) groups is 1. The molecule has 3 aromatic carbocycles. The molecule has 194 valence electrons. The first-order chi connectivity index (χ1) is 18.3. The van der Waals surface area contributed by atoms with E-state index in [0.717, 1.165) is 26.2 Å². The van der Waals surface area contributed by atoms with Gasteiger partial charge in [0.1, 0.15) is 11.5 Å². The highest BCUT2D eigenvalue weighted by Gasteiger charge is 2.32. The zero-order chi connectivity index (χ0) is 26.4. The van der Waals surface area contributed by atoms with E-state index < -0.39 is 10.0 Å². The number of ketones is 1. The van der Waals surface area contributed by atoms with Gasteiger partial charge in [0.25, 0.3) is 10.0 Å². The number of aromatic nitrogens is 1. The summed E-state index contributed by atoms with van der Waals surface area (Å²) in [5.74, 6) is 0.164. The number of halogens is 1. The van der Waals surface area contributed by atoms with Crippen molar-refractivity contribution >= 4 is 44.4 Å². The molecule has 38 heavy (non-hydrogen) atoms. The molecule has 3 heterocycles. The Labute approximate surface area is 224 Å². The van der Waals surface area contributed by atoms with Crippen LogP contribution in [0.15, 0.2) is 77.5 Å². The van der Waals surface area contributed by atoms with Crippen molar-refractivity contribution in [2.24, 2.45) is 0 Å². The van der Waals surface area contributed by atoms with Gasteiger partial charge >= 0.3 is 0 Å². The summed E-state index contributed by atoms with van der Waals surface area (Å²) in [4.78, 5) is 15.6. The van der Waals surface area contributed by atoms with Gasteiger partial charge in [-0.15, -0.1) is 0 Å². The van der Waals surface area contributed by atoms with Crippen molar-refractivity contribution in [3.63, 3.8) is 0 Å². The molecule has 0 bridgehead atoms. The van der Waals surface area contributed by atoms with E-state index in [4.69, 9.17) is 16.3 Å². The third-order valence-corrected chi connectivity index (χ3v) is 8.81. The van der Waals surface area contributed by atoms with E-state index in [0.29, 0.717) is 44.9 Å². The molecule has 0 aliphatic carbocycles. The third-order valence-electron chi connectivity index (χ3n) is 6.87. The Bertz CT molecular complexity index is 1700. The smallest absolute Gasteiger partial charge is 0.268 e. The summed E-state index contributed by atoms with van der Waals surface area (Å²) in [6.45, 7) is 3.80. The fraction of sp³-hybridized carbons (Fsp3) is 0.179. The summed E-state index contributed by atoms with van der Waals surface area (Å²) >= 11 is 5.95. The SMILES string of the molecule is O=C1/C(=C/c2cn(S(=O)(=O)c3ccc(Cl)cc3)c3ccccc23)Oc2c1ccc(O)c2CN1CCNCC1. The third kappa shape index (κ3) is 4.27. The average Bonchev–Trinajstić information content (AvgIpc) is 3.45. The number of rotatable bonds is 5. The summed E-state index contributed by atoms with van der Waals surface area (Å²) in [7, 11) is -3.93. The standard InChI is InChI=1S/C28H24ClN3O5S/c29-19-5-7-20(8-6-19)38(35,36)32-16-18(21-3-1-2-4-24(21)32)15-26-27(34)22-9-10-25(33)23(28(22)37-26)17-31-13-11-30-12-14-31/h1-10,15-16,30,33H,11-14,17H2/b26-15-. The number of fused-ring (bicyclic) bond motifs is 2. The number of piperazine rings is 1. The Hall–Kier alpha value is -3.63. The number of allylic oxidation sites excluding steroid dienone is 1. The van der Waals surface area contributed by atoms with E-state index in [2.05, 4.69) is 10.2 Å². The molecule has 0 radical (unpaired) electrons. The lowest BCUT2D eigenvalue weighted by Crippen LogP contribution is -2.42. The van der Waals surface area contributed by atoms with Crippen LogP contribution in [0, 0.1) is 0 Å². The number of nitrogens with one attached hydrogen (secondary N) is 1. The van der Waals surface area contributed by atoms with Gasteiger partial charge < -0.3 is 15.2 Å². The van der Waals surface area contributed by atoms with Gasteiger partial charge in [-0.2, -0.15) is 0 Å². The zero-order valence-electron chi connectivity index (χ0n) is 20.2. The fourth-order valence-corrected chi connectivity index (χ4v) is 6.40. The largest absolute Gasteiger partial charge is 0.507 e. The number of nitrogens with zero attached hydrogens (tertiary/aromatic N) is 2. The molecule has 2 aliphatic heterocycles. The molecule has 2 N–H and O–H groups in total. The van der Waals surface area contributed by atoms with Gasteiger partial charge in [0.15, 0.2) is 5.76 Å². The molecule has 1 aromatic heterocycles. The first-order valence-electron chi connectivity index (χ1n) is 12.2. The Balaban J connectivity index is 1.40. The molecular weight excluding hydrogens is 526 g/mol. The molecule has 1 saturated heterocycles. The number of Topliss-reactive ketones (excluding diaryl/α,β-unsaturated/α-hetero) is 1. The lowest BCUT2D eigenvalue weighted by Gasteiger charge is -2.27. The number of phenols is 1. The minimum Gasteiger partial charge on any atom is -0.507 e. The Morgan fingerprint density at radius 2 is 1.76 bits per heavy atom. The number of hydrogen-bond donors (Lipinski definition) is 2. The average molecular weight is 550 g/mol. The molecule has 0 atom stereocenters. The van der Waals surface area contributed by atoms with Gasteiger partial charge in [-0.25, -0.2) is 12.4 Å². The van der Waals surface area contributed by atoms with Crippen LogP contribution in [-0.4, -0.2) is 54.4 Å². The van der Waals surface area contributed by atoms with Gasteiger partial charge in [0.05, 0.1) is 21.5 Å². The van der Waals surface area contributed by atoms with Crippen molar-refractivity contribution in [1.82, 2.24) is 14.2 Å². The number of benzene rings is 3. The number of hydrogen-bond acceptors (Lipinski definition) is 7. The predicted octanol–water partition coefficient (Wildman–Crippen LogP) is 4.26. The molecule has 8 nitrogen and oxygen atoms in total. The number of ether oxygens (including phenoxy) is 1. The molecular formula is C28H24ClN3O5S. The van der Waals surface area contributed by atoms with Crippen LogP contribution in [0.5, 0.6) is 11.5 Å². The topological polar surface area (TPSA) is 101 Å². The Morgan fingerprint density at radius 3 is 2.53 bits per heavy atom. The lowest BCUT2D eigenvalue weighted by molar-refractivity contribution is 0.101. The first kappa shape index (κ1) is 24.7. The van der Waals surface area contributed by atoms with Gasteiger partial charge in [0, 0.05) is 54.9 Å². The zero-order valence-corrected chi connectivity index (χ0v) is 21.8. The van der Waals surface area contributed by atoms with E-state index in [-0.39, 0.29) is 22.2 Å². The van der Waals surface area contributed by atoms with Gasteiger partial charge in [-0.05, 0) is 48.5 Å². The molecule has 1 fully saturated rings. The number of phenolic OH excluding ortho intramolecular Hbond substituents is 1. The quantitative estimate of drug-likeness (QED) is 0.359. The molecule has 0 saturated carbocycles. The highest BCUT2D eigenvalue weighted by Crippen LogP contribution is 2.41. The van der Waals surface area contributed by atoms with E-state index in [1.807, 2.05) is 0 Å². The summed E-state index contributed by atoms with van der Waals surface area (Å²) in [6, 6.07) is 16.1. The van der Waals surface area contributed by atoms with E-state index in [9.17, 15) is 18.3 Å². The van der Waals surface area contributed by atoms with Crippen molar-refractivity contribution in [1.29, 1.82) is 0 Å². The van der Waals surface area contributed by atoms with Crippen molar-refractivity contribution in [3.8, 4) is 11.5 Å². The van der Waals surface area contributed by atoms with Gasteiger partial charge in [0.2, 0.25) is 5.78 Å². The molecule has 0 unspecified atom stereocenters. The van der Waals surface area contributed by atoms with E-state index in [1.165, 1.54) is 40.5 Å². The van der Waals surface area contributed by atoms with Crippen molar-refractivity contribution < 1.29 is 23.1 Å². The molecule has 0 amide bonds. The molecule has 10 heteroatoms. The number of aromatic hydroxyl groups is 1. The minimum atomic E-state index is -3.93. The van der Waals surface area contributed by atoms with Crippen LogP contribution in [0.1, 0.15) is 21.5 Å². The Morgan fingerprint density at radius 1 is 1.03 bits per heavy atom. The van der Waals surface area contributed by atoms with E-state index >= 15 is 0 Å². The van der Waals surface area contributed by atoms with Crippen LogP contribution in [0.3, 0.4) is 0 Å². The summed E-state index contributed by atoms with van der Waals surface area (Å²) < 4.78 is 34.2. The fourth-order valence-electron chi connectivity index (χ4n) is 4.89. The van der Waals surface area contributed by atoms with Crippen molar-refractivity contribution in [2.75, 3.05) is 26.2 Å². The summed E-state index contributed by atoms with van der Waals surface area (Å²) in [6.07, 6.45) is 3.05. The Kier molecular flexibility index (Phi) is 6.23. The van der Waals surface area contributed by atoms with Crippen molar-refractivity contribution in [2.45, 2.75) is 11.4 Å². The molecule has 4 aromatic rings. The maximum Gasteiger partial charge on any atom is 0.268 e. The first-order valence-corrected chi connectivity index (χ1v) is 14.0. The lowest BCUT2D eigenvalue weighted by atomic mass is 10.0. The summed E-state index contributed by atoms with van der Waals surface area (Å²) in [5.41, 5.74) is 1.92. The molecule has 2 aliphatic rings. The van der Waals surface area contributed by atoms with Crippen molar-refractivity contribution in [3.05, 3.63) is 94.3 Å². The normalized spacial score (nSPS) is 17.2. The van der Waals surface area contributed by atoms with Crippen LogP contribution >= 0.6 is 11.6 Å². The molecule has 6 rings (SSSR count).